The first-order chi connectivity index (χ1) is 15.0. The van der Waals surface area contributed by atoms with Gasteiger partial charge >= 0.3 is 0 Å². The predicted molar refractivity (Wildman–Crippen MR) is 123 cm³/mol. The minimum Gasteiger partial charge on any atom is -0.300 e. The zero-order chi connectivity index (χ0) is 22.0. The van der Waals surface area contributed by atoms with Gasteiger partial charge in [0, 0.05) is 17.7 Å². The second-order valence-corrected chi connectivity index (χ2v) is 9.46. The van der Waals surface area contributed by atoms with Gasteiger partial charge in [-0.15, -0.1) is 0 Å². The molecule has 1 N–H and O–H groups in total. The van der Waals surface area contributed by atoms with Crippen LogP contribution in [0.4, 0.5) is 5.69 Å². The number of carbonyl (C=O) groups excluding carboxylic acids is 3. The molecule has 0 fully saturated rings. The summed E-state index contributed by atoms with van der Waals surface area (Å²) in [7, 11) is -0.370. The molecular formula is C24H25N3O3S. The molecule has 2 unspecified atom stereocenters. The van der Waals surface area contributed by atoms with E-state index in [0.717, 1.165) is 28.9 Å². The molecule has 3 atom stereocenters. The SMILES string of the molecule is CC(=O)C[C@H](N=S1C=CCC1)C(=O)NN1C(=O)C(C)c2ccccc2-c2ccccc21. The van der Waals surface area contributed by atoms with Crippen molar-refractivity contribution in [1.29, 1.82) is 0 Å². The summed E-state index contributed by atoms with van der Waals surface area (Å²) in [5.41, 5.74) is 6.16. The Balaban J connectivity index is 1.70. The molecule has 0 spiro atoms. The topological polar surface area (TPSA) is 78.8 Å². The van der Waals surface area contributed by atoms with E-state index < -0.39 is 17.9 Å². The molecule has 31 heavy (non-hydrogen) atoms. The first-order valence-corrected chi connectivity index (χ1v) is 11.8. The summed E-state index contributed by atoms with van der Waals surface area (Å²) in [5, 5.41) is 3.32. The van der Waals surface area contributed by atoms with Crippen molar-refractivity contribution in [1.82, 2.24) is 5.43 Å². The number of hydrazine groups is 1. The van der Waals surface area contributed by atoms with Gasteiger partial charge in [0.2, 0.25) is 0 Å². The number of rotatable bonds is 5. The lowest BCUT2D eigenvalue weighted by Gasteiger charge is -2.26. The summed E-state index contributed by atoms with van der Waals surface area (Å²) in [6.45, 7) is 3.29. The van der Waals surface area contributed by atoms with Crippen molar-refractivity contribution >= 4 is 34.0 Å². The summed E-state index contributed by atoms with van der Waals surface area (Å²) in [6, 6.07) is 14.5. The maximum Gasteiger partial charge on any atom is 0.264 e. The van der Waals surface area contributed by atoms with Crippen LogP contribution in [-0.2, 0) is 25.1 Å². The lowest BCUT2D eigenvalue weighted by molar-refractivity contribution is -0.128. The highest BCUT2D eigenvalue weighted by Crippen LogP contribution is 2.40. The second-order valence-electron chi connectivity index (χ2n) is 7.77. The molecule has 2 heterocycles. The maximum absolute atomic E-state index is 13.4. The van der Waals surface area contributed by atoms with E-state index in [0.29, 0.717) is 5.69 Å². The van der Waals surface area contributed by atoms with Crippen LogP contribution in [0.3, 0.4) is 0 Å². The third-order valence-corrected chi connectivity index (χ3v) is 7.15. The molecule has 7 heteroatoms. The average molecular weight is 436 g/mol. The molecule has 6 nitrogen and oxygen atoms in total. The highest BCUT2D eigenvalue weighted by Gasteiger charge is 2.33. The molecule has 2 aromatic carbocycles. The van der Waals surface area contributed by atoms with Gasteiger partial charge in [0.05, 0.1) is 11.6 Å². The van der Waals surface area contributed by atoms with Crippen LogP contribution in [0.15, 0.2) is 64.4 Å². The Morgan fingerprint density at radius 2 is 1.87 bits per heavy atom. The Morgan fingerprint density at radius 3 is 2.58 bits per heavy atom. The molecule has 2 aliphatic rings. The quantitative estimate of drug-likeness (QED) is 0.774. The lowest BCUT2D eigenvalue weighted by Crippen LogP contribution is -2.51. The Hall–Kier alpha value is -3.06. The van der Waals surface area contributed by atoms with Crippen LogP contribution >= 0.6 is 0 Å². The molecule has 160 valence electrons. The number of nitrogens with zero attached hydrogens (tertiary/aromatic N) is 2. The molecule has 0 saturated heterocycles. The van der Waals surface area contributed by atoms with Crippen LogP contribution in [-0.4, -0.2) is 29.4 Å². The number of hydrogen-bond donors (Lipinski definition) is 1. The van der Waals surface area contributed by atoms with E-state index in [4.69, 9.17) is 0 Å². The van der Waals surface area contributed by atoms with E-state index in [9.17, 15) is 14.4 Å². The first kappa shape index (κ1) is 21.2. The van der Waals surface area contributed by atoms with Crippen LogP contribution in [0.25, 0.3) is 11.1 Å². The number of amides is 2. The summed E-state index contributed by atoms with van der Waals surface area (Å²) in [5.74, 6) is -0.356. The van der Waals surface area contributed by atoms with Crippen molar-refractivity contribution in [2.24, 2.45) is 4.36 Å². The molecule has 4 rings (SSSR count). The number of hydrogen-bond acceptors (Lipinski definition) is 4. The average Bonchev–Trinajstić information content (AvgIpc) is 3.26. The Morgan fingerprint density at radius 1 is 1.16 bits per heavy atom. The van der Waals surface area contributed by atoms with Crippen LogP contribution in [0.2, 0.25) is 0 Å². The molecule has 2 aliphatic heterocycles. The number of Topliss-reactive ketones (excluding diaryl/α,β-unsaturated/α-hetero) is 1. The molecule has 2 amide bonds. The number of fused-ring (bicyclic) bond motifs is 3. The standard InChI is InChI=1S/C24H25N3O3S/c1-16(28)15-21(26-31-13-7-8-14-31)23(29)25-27-22-12-6-5-11-20(22)19-10-4-3-9-18(19)17(2)24(27)30/h3-7,9-13,17,21H,8,14-15H2,1-2H3,(H,25,29)/t17?,21-,31?/m0/s1. The number of benzene rings is 2. The van der Waals surface area contributed by atoms with Crippen molar-refractivity contribution in [2.45, 2.75) is 38.6 Å². The van der Waals surface area contributed by atoms with Gasteiger partial charge in [-0.3, -0.25) is 19.8 Å². The second kappa shape index (κ2) is 8.98. The Labute approximate surface area is 184 Å². The highest BCUT2D eigenvalue weighted by atomic mass is 32.2. The van der Waals surface area contributed by atoms with Crippen LogP contribution in [0, 0.1) is 0 Å². The summed E-state index contributed by atoms with van der Waals surface area (Å²) < 4.78 is 4.61. The van der Waals surface area contributed by atoms with Crippen LogP contribution in [0.5, 0.6) is 0 Å². The Kier molecular flexibility index (Phi) is 6.13. The number of ketones is 1. The van der Waals surface area contributed by atoms with Crippen molar-refractivity contribution in [3.8, 4) is 11.1 Å². The first-order valence-electron chi connectivity index (χ1n) is 10.3. The number of nitrogens with one attached hydrogen (secondary N) is 1. The minimum atomic E-state index is -0.829. The fourth-order valence-corrected chi connectivity index (χ4v) is 5.44. The van der Waals surface area contributed by atoms with Gasteiger partial charge < -0.3 is 0 Å². The third-order valence-electron chi connectivity index (χ3n) is 5.47. The van der Waals surface area contributed by atoms with E-state index in [2.05, 4.69) is 9.79 Å². The fraction of sp³-hybridized carbons (Fsp3) is 0.292. The van der Waals surface area contributed by atoms with Gasteiger partial charge in [-0.2, -0.15) is 0 Å². The summed E-state index contributed by atoms with van der Waals surface area (Å²) in [6.07, 6.45) is 2.99. The largest absolute Gasteiger partial charge is 0.300 e. The molecule has 0 aliphatic carbocycles. The predicted octanol–water partition coefficient (Wildman–Crippen LogP) is 3.90. The molecule has 0 saturated carbocycles. The third kappa shape index (κ3) is 4.37. The van der Waals surface area contributed by atoms with Gasteiger partial charge in [-0.25, -0.2) is 9.37 Å². The van der Waals surface area contributed by atoms with Gasteiger partial charge in [0.25, 0.3) is 11.8 Å². The van der Waals surface area contributed by atoms with Crippen molar-refractivity contribution in [3.05, 3.63) is 65.6 Å². The summed E-state index contributed by atoms with van der Waals surface area (Å²) >= 11 is 0. The van der Waals surface area contributed by atoms with E-state index in [1.807, 2.05) is 66.9 Å². The number of allylic oxidation sites excluding steroid dienone is 1. The molecule has 0 radical (unpaired) electrons. The number of anilines is 1. The maximum atomic E-state index is 13.4. The lowest BCUT2D eigenvalue weighted by atomic mass is 9.92. The van der Waals surface area contributed by atoms with E-state index >= 15 is 0 Å². The minimum absolute atomic E-state index is 0.0165. The van der Waals surface area contributed by atoms with Crippen LogP contribution in [0.1, 0.15) is 38.2 Å². The van der Waals surface area contributed by atoms with Gasteiger partial charge in [0.1, 0.15) is 11.8 Å². The van der Waals surface area contributed by atoms with Gasteiger partial charge in [-0.1, -0.05) is 59.2 Å². The van der Waals surface area contributed by atoms with Crippen molar-refractivity contribution in [2.75, 3.05) is 10.8 Å². The zero-order valence-corrected chi connectivity index (χ0v) is 18.4. The monoisotopic (exact) mass is 435 g/mol. The smallest absolute Gasteiger partial charge is 0.264 e. The molecular weight excluding hydrogens is 410 g/mol. The Bertz CT molecular complexity index is 1110. The van der Waals surface area contributed by atoms with Crippen LogP contribution < -0.4 is 10.4 Å². The van der Waals surface area contributed by atoms with E-state index in [1.54, 1.807) is 0 Å². The van der Waals surface area contributed by atoms with E-state index in [1.165, 1.54) is 11.9 Å². The van der Waals surface area contributed by atoms with E-state index in [-0.39, 0.29) is 28.8 Å². The highest BCUT2D eigenvalue weighted by molar-refractivity contribution is 7.90. The van der Waals surface area contributed by atoms with Gasteiger partial charge in [0.15, 0.2) is 0 Å². The van der Waals surface area contributed by atoms with Gasteiger partial charge in [-0.05, 0) is 42.9 Å². The van der Waals surface area contributed by atoms with Crippen molar-refractivity contribution in [3.63, 3.8) is 0 Å². The number of carbonyl (C=O) groups is 3. The molecule has 0 bridgehead atoms. The van der Waals surface area contributed by atoms with Crippen molar-refractivity contribution < 1.29 is 14.4 Å². The molecule has 0 aromatic heterocycles. The normalized spacial score (nSPS) is 20.7. The number of para-hydroxylation sites is 1. The summed E-state index contributed by atoms with van der Waals surface area (Å²) in [4.78, 5) is 38.4. The zero-order valence-electron chi connectivity index (χ0n) is 17.6. The molecule has 2 aromatic rings. The fourth-order valence-electron chi connectivity index (χ4n) is 3.90.